The van der Waals surface area contributed by atoms with Crippen molar-refractivity contribution >= 4 is 29.9 Å². The minimum absolute atomic E-state index is 0. The van der Waals surface area contributed by atoms with Gasteiger partial charge in [-0.05, 0) is 37.0 Å². The van der Waals surface area contributed by atoms with E-state index in [1.54, 1.807) is 11.9 Å². The van der Waals surface area contributed by atoms with Crippen LogP contribution in [0.5, 0.6) is 0 Å². The number of aromatic nitrogens is 2. The normalized spacial score (nSPS) is 24.8. The summed E-state index contributed by atoms with van der Waals surface area (Å²) in [5.74, 6) is 0.890. The molecule has 1 aliphatic carbocycles. The van der Waals surface area contributed by atoms with E-state index in [0.29, 0.717) is 23.2 Å². The van der Waals surface area contributed by atoms with Crippen LogP contribution in [0.1, 0.15) is 54.9 Å². The van der Waals surface area contributed by atoms with Crippen LogP contribution in [0.4, 0.5) is 0 Å². The molecule has 2 unspecified atom stereocenters. The number of carbonyl (C=O) groups is 1. The average molecular weight is 383 g/mol. The second kappa shape index (κ2) is 6.59. The number of halogens is 2. The molecular weight excluding hydrogens is 363 g/mol. The molecule has 8 heteroatoms. The Labute approximate surface area is 157 Å². The lowest BCUT2D eigenvalue weighted by Gasteiger charge is -2.34. The highest BCUT2D eigenvalue weighted by atomic mass is 35.5. The van der Waals surface area contributed by atoms with Crippen molar-refractivity contribution < 1.29 is 9.32 Å². The minimum Gasteiger partial charge on any atom is -0.339 e. The molecule has 1 aromatic carbocycles. The highest BCUT2D eigenvalue weighted by Crippen LogP contribution is 2.44. The summed E-state index contributed by atoms with van der Waals surface area (Å²) in [6.07, 6.45) is 3.16. The Balaban J connectivity index is 0.00000182. The van der Waals surface area contributed by atoms with Crippen molar-refractivity contribution in [2.45, 2.75) is 43.2 Å². The summed E-state index contributed by atoms with van der Waals surface area (Å²) in [6.45, 7) is 0. The monoisotopic (exact) mass is 382 g/mol. The lowest BCUT2D eigenvalue weighted by molar-refractivity contribution is -0.127. The molecule has 1 aromatic heterocycles. The van der Waals surface area contributed by atoms with Gasteiger partial charge in [0.15, 0.2) is 5.82 Å². The van der Waals surface area contributed by atoms with Crippen LogP contribution in [0, 0.1) is 0 Å². The maximum Gasteiger partial charge on any atom is 0.232 e. The van der Waals surface area contributed by atoms with Gasteiger partial charge in [0.25, 0.3) is 0 Å². The Kier molecular flexibility index (Phi) is 4.79. The molecule has 2 aromatic rings. The number of hydrogen-bond acceptors (Lipinski definition) is 5. The van der Waals surface area contributed by atoms with Crippen LogP contribution in [0.25, 0.3) is 0 Å². The van der Waals surface area contributed by atoms with Crippen LogP contribution in [-0.4, -0.2) is 28.0 Å². The van der Waals surface area contributed by atoms with Gasteiger partial charge in [-0.1, -0.05) is 28.9 Å². The van der Waals surface area contributed by atoms with Gasteiger partial charge in [0.05, 0.1) is 17.5 Å². The standard InChI is InChI=1S/C17H19ClN4O2.ClH/c1-22-13(23)9-12(14(22)10-4-2-5-11(18)8-10)15-20-16(21-24-15)17(19)6-3-7-17;/h2,4-5,8,12,14H,3,6-7,9,19H2,1H3;1H. The Hall–Kier alpha value is -1.63. The number of nitrogens with two attached hydrogens (primary N) is 1. The minimum atomic E-state index is -0.470. The predicted octanol–water partition coefficient (Wildman–Crippen LogP) is 3.17. The zero-order valence-corrected chi connectivity index (χ0v) is 15.4. The van der Waals surface area contributed by atoms with Crippen molar-refractivity contribution in [2.75, 3.05) is 7.05 Å². The third-order valence-electron chi connectivity index (χ3n) is 5.23. The second-order valence-corrected chi connectivity index (χ2v) is 7.22. The summed E-state index contributed by atoms with van der Waals surface area (Å²) in [5.41, 5.74) is 6.77. The van der Waals surface area contributed by atoms with Crippen molar-refractivity contribution in [3.05, 3.63) is 46.6 Å². The number of rotatable bonds is 3. The molecule has 0 spiro atoms. The molecule has 0 radical (unpaired) electrons. The zero-order valence-electron chi connectivity index (χ0n) is 13.8. The van der Waals surface area contributed by atoms with Crippen molar-refractivity contribution in [1.82, 2.24) is 15.0 Å². The first-order valence-electron chi connectivity index (χ1n) is 8.12. The van der Waals surface area contributed by atoms with Crippen LogP contribution in [0.2, 0.25) is 5.02 Å². The summed E-state index contributed by atoms with van der Waals surface area (Å²) in [6, 6.07) is 7.37. The van der Waals surface area contributed by atoms with Gasteiger partial charge in [0.2, 0.25) is 11.8 Å². The highest BCUT2D eigenvalue weighted by molar-refractivity contribution is 6.30. The van der Waals surface area contributed by atoms with Crippen LogP contribution >= 0.6 is 24.0 Å². The van der Waals surface area contributed by atoms with Gasteiger partial charge in [0, 0.05) is 18.5 Å². The molecule has 25 heavy (non-hydrogen) atoms. The summed E-state index contributed by atoms with van der Waals surface area (Å²) in [5, 5.41) is 4.72. The molecule has 1 aliphatic heterocycles. The molecule has 1 saturated heterocycles. The molecule has 2 aliphatic rings. The maximum atomic E-state index is 12.3. The summed E-state index contributed by atoms with van der Waals surface area (Å²) < 4.78 is 5.50. The first-order valence-corrected chi connectivity index (χ1v) is 8.50. The van der Waals surface area contributed by atoms with E-state index in [1.165, 1.54) is 0 Å². The molecule has 2 atom stereocenters. The Morgan fingerprint density at radius 2 is 2.16 bits per heavy atom. The number of carbonyl (C=O) groups excluding carboxylic acids is 1. The van der Waals surface area contributed by atoms with E-state index < -0.39 is 5.54 Å². The third kappa shape index (κ3) is 3.03. The van der Waals surface area contributed by atoms with E-state index in [1.807, 2.05) is 24.3 Å². The molecule has 2 heterocycles. The molecule has 6 nitrogen and oxygen atoms in total. The van der Waals surface area contributed by atoms with Gasteiger partial charge < -0.3 is 15.2 Å². The predicted molar refractivity (Wildman–Crippen MR) is 95.6 cm³/mol. The molecule has 0 bridgehead atoms. The number of likely N-dealkylation sites (tertiary alicyclic amines) is 1. The Morgan fingerprint density at radius 3 is 2.80 bits per heavy atom. The molecule has 2 fully saturated rings. The van der Waals surface area contributed by atoms with Crippen molar-refractivity contribution in [2.24, 2.45) is 5.73 Å². The Morgan fingerprint density at radius 1 is 1.40 bits per heavy atom. The average Bonchev–Trinajstić information content (AvgIpc) is 3.11. The second-order valence-electron chi connectivity index (χ2n) is 6.78. The van der Waals surface area contributed by atoms with Crippen LogP contribution in [0.3, 0.4) is 0 Å². The fourth-order valence-corrected chi connectivity index (χ4v) is 3.81. The van der Waals surface area contributed by atoms with Gasteiger partial charge in [-0.3, -0.25) is 4.79 Å². The van der Waals surface area contributed by atoms with Crippen LogP contribution in [-0.2, 0) is 10.3 Å². The van der Waals surface area contributed by atoms with Gasteiger partial charge in [-0.2, -0.15) is 4.98 Å². The van der Waals surface area contributed by atoms with Crippen molar-refractivity contribution in [1.29, 1.82) is 0 Å². The SMILES string of the molecule is CN1C(=O)CC(c2nc(C3(N)CCC3)no2)C1c1cccc(Cl)c1.Cl. The highest BCUT2D eigenvalue weighted by Gasteiger charge is 2.44. The van der Waals surface area contributed by atoms with E-state index in [9.17, 15) is 4.79 Å². The number of amides is 1. The van der Waals surface area contributed by atoms with E-state index >= 15 is 0 Å². The fourth-order valence-electron chi connectivity index (χ4n) is 3.61. The Bertz CT molecular complexity index is 790. The summed E-state index contributed by atoms with van der Waals surface area (Å²) in [7, 11) is 1.79. The number of likely N-dealkylation sites (N-methyl/N-ethyl adjacent to an activating group) is 1. The first kappa shape index (κ1) is 18.2. The third-order valence-corrected chi connectivity index (χ3v) is 5.46. The number of nitrogens with zero attached hydrogens (tertiary/aromatic N) is 3. The molecule has 134 valence electrons. The number of benzene rings is 1. The molecule has 1 saturated carbocycles. The lowest BCUT2D eigenvalue weighted by atomic mass is 9.77. The van der Waals surface area contributed by atoms with Crippen molar-refractivity contribution in [3.63, 3.8) is 0 Å². The van der Waals surface area contributed by atoms with Gasteiger partial charge in [-0.25, -0.2) is 0 Å². The van der Waals surface area contributed by atoms with Crippen LogP contribution in [0.15, 0.2) is 28.8 Å². The molecule has 2 N–H and O–H groups in total. The van der Waals surface area contributed by atoms with E-state index in [4.69, 9.17) is 21.9 Å². The van der Waals surface area contributed by atoms with Gasteiger partial charge in [0.1, 0.15) is 0 Å². The van der Waals surface area contributed by atoms with Gasteiger partial charge in [-0.15, -0.1) is 12.4 Å². The molecular formula is C17H20Cl2N4O2. The topological polar surface area (TPSA) is 85.2 Å². The summed E-state index contributed by atoms with van der Waals surface area (Å²) >= 11 is 6.12. The zero-order chi connectivity index (χ0) is 16.9. The van der Waals surface area contributed by atoms with Gasteiger partial charge >= 0.3 is 0 Å². The largest absolute Gasteiger partial charge is 0.339 e. The lowest BCUT2D eigenvalue weighted by Crippen LogP contribution is -2.44. The number of hydrogen-bond donors (Lipinski definition) is 1. The fraction of sp³-hybridized carbons (Fsp3) is 0.471. The van der Waals surface area contributed by atoms with Crippen molar-refractivity contribution in [3.8, 4) is 0 Å². The maximum absolute atomic E-state index is 12.3. The van der Waals surface area contributed by atoms with Crippen LogP contribution < -0.4 is 5.73 Å². The van der Waals surface area contributed by atoms with E-state index in [-0.39, 0.29) is 30.3 Å². The molecule has 1 amide bonds. The summed E-state index contributed by atoms with van der Waals surface area (Å²) in [4.78, 5) is 18.5. The smallest absolute Gasteiger partial charge is 0.232 e. The molecule has 4 rings (SSSR count). The first-order chi connectivity index (χ1) is 11.5. The van der Waals surface area contributed by atoms with E-state index in [2.05, 4.69) is 10.1 Å². The quantitative estimate of drug-likeness (QED) is 0.880. The van der Waals surface area contributed by atoms with E-state index in [0.717, 1.165) is 24.8 Å².